The second-order valence-corrected chi connectivity index (χ2v) is 2.89. The first-order chi connectivity index (χ1) is 7.90. The van der Waals surface area contributed by atoms with Gasteiger partial charge in [0.05, 0.1) is 11.4 Å². The van der Waals surface area contributed by atoms with Crippen molar-refractivity contribution in [2.24, 2.45) is 0 Å². The molecule has 0 aliphatic rings. The van der Waals surface area contributed by atoms with Gasteiger partial charge in [-0.25, -0.2) is 0 Å². The molecule has 3 nitrogen and oxygen atoms in total. The summed E-state index contributed by atoms with van der Waals surface area (Å²) in [6.07, 6.45) is 3.54. The smallest absolute Gasteiger partial charge is 0.0906 e. The Bertz CT molecular complexity index is 413. The van der Waals surface area contributed by atoms with E-state index in [1.165, 1.54) is 0 Å². The van der Waals surface area contributed by atoms with E-state index in [4.69, 9.17) is 0 Å². The Morgan fingerprint density at radius 1 is 0.938 bits per heavy atom. The molecule has 16 heavy (non-hydrogen) atoms. The van der Waals surface area contributed by atoms with E-state index in [1.807, 2.05) is 51.2 Å². The zero-order valence-corrected chi connectivity index (χ0v) is 9.94. The van der Waals surface area contributed by atoms with Crippen LogP contribution >= 0.6 is 0 Å². The largest absolute Gasteiger partial charge is 0.388 e. The fraction of sp³-hybridized carbons (Fsp3) is 0.231. The first-order valence-electron chi connectivity index (χ1n) is 5.45. The third-order valence-electron chi connectivity index (χ3n) is 1.98. The SMILES string of the molecule is CC.CNc1ccnc(-c2ccccn2)c1. The van der Waals surface area contributed by atoms with E-state index in [0.717, 1.165) is 17.1 Å². The van der Waals surface area contributed by atoms with Crippen LogP contribution in [0.4, 0.5) is 5.69 Å². The molecule has 0 bridgehead atoms. The molecule has 2 rings (SSSR count). The van der Waals surface area contributed by atoms with Crippen LogP contribution < -0.4 is 5.32 Å². The van der Waals surface area contributed by atoms with Crippen LogP contribution in [-0.4, -0.2) is 17.0 Å². The standard InChI is InChI=1S/C11H11N3.C2H6/c1-12-9-5-7-14-11(8-9)10-4-2-3-6-13-10;1-2/h2-8H,1H3,(H,12,14);1-2H3. The Labute approximate surface area is 96.6 Å². The third kappa shape index (κ3) is 3.05. The van der Waals surface area contributed by atoms with Crippen molar-refractivity contribution in [1.82, 2.24) is 9.97 Å². The normalized spacial score (nSPS) is 8.94. The van der Waals surface area contributed by atoms with Crippen LogP contribution in [0, 0.1) is 0 Å². The Morgan fingerprint density at radius 3 is 2.31 bits per heavy atom. The second kappa shape index (κ2) is 6.56. The van der Waals surface area contributed by atoms with Gasteiger partial charge in [-0.1, -0.05) is 19.9 Å². The van der Waals surface area contributed by atoms with Gasteiger partial charge in [-0.3, -0.25) is 9.97 Å². The van der Waals surface area contributed by atoms with E-state index in [0.29, 0.717) is 0 Å². The number of anilines is 1. The highest BCUT2D eigenvalue weighted by Gasteiger charge is 1.99. The number of aromatic nitrogens is 2. The molecule has 2 aromatic rings. The quantitative estimate of drug-likeness (QED) is 0.835. The van der Waals surface area contributed by atoms with Crippen LogP contribution in [0.3, 0.4) is 0 Å². The molecule has 0 saturated carbocycles. The molecule has 0 radical (unpaired) electrons. The van der Waals surface area contributed by atoms with Crippen molar-refractivity contribution in [2.75, 3.05) is 12.4 Å². The summed E-state index contributed by atoms with van der Waals surface area (Å²) < 4.78 is 0. The molecule has 1 N–H and O–H groups in total. The van der Waals surface area contributed by atoms with Gasteiger partial charge in [0, 0.05) is 25.1 Å². The molecule has 2 aromatic heterocycles. The van der Waals surface area contributed by atoms with Crippen LogP contribution in [-0.2, 0) is 0 Å². The Balaban J connectivity index is 0.000000606. The molecule has 0 saturated heterocycles. The molecule has 0 fully saturated rings. The summed E-state index contributed by atoms with van der Waals surface area (Å²) in [6, 6.07) is 9.69. The fourth-order valence-electron chi connectivity index (χ4n) is 1.24. The monoisotopic (exact) mass is 215 g/mol. The van der Waals surface area contributed by atoms with Gasteiger partial charge in [0.1, 0.15) is 0 Å². The van der Waals surface area contributed by atoms with E-state index in [1.54, 1.807) is 12.4 Å². The van der Waals surface area contributed by atoms with Crippen molar-refractivity contribution >= 4 is 5.69 Å². The Morgan fingerprint density at radius 2 is 1.69 bits per heavy atom. The summed E-state index contributed by atoms with van der Waals surface area (Å²) in [6.45, 7) is 4.00. The minimum Gasteiger partial charge on any atom is -0.388 e. The molecule has 84 valence electrons. The highest BCUT2D eigenvalue weighted by molar-refractivity contribution is 5.59. The van der Waals surface area contributed by atoms with Gasteiger partial charge in [0.15, 0.2) is 0 Å². The summed E-state index contributed by atoms with van der Waals surface area (Å²) in [5.74, 6) is 0. The first kappa shape index (κ1) is 12.2. The lowest BCUT2D eigenvalue weighted by molar-refractivity contribution is 1.24. The van der Waals surface area contributed by atoms with Crippen LogP contribution in [0.15, 0.2) is 42.7 Å². The van der Waals surface area contributed by atoms with Crippen molar-refractivity contribution in [3.63, 3.8) is 0 Å². The molecule has 0 aliphatic carbocycles. The van der Waals surface area contributed by atoms with Crippen LogP contribution in [0.5, 0.6) is 0 Å². The van der Waals surface area contributed by atoms with E-state index >= 15 is 0 Å². The number of hydrogen-bond donors (Lipinski definition) is 1. The van der Waals surface area contributed by atoms with Gasteiger partial charge >= 0.3 is 0 Å². The summed E-state index contributed by atoms with van der Waals surface area (Å²) in [7, 11) is 1.89. The van der Waals surface area contributed by atoms with Crippen LogP contribution in [0.2, 0.25) is 0 Å². The summed E-state index contributed by atoms with van der Waals surface area (Å²) in [5.41, 5.74) is 2.82. The molecule has 0 unspecified atom stereocenters. The lowest BCUT2D eigenvalue weighted by atomic mass is 10.2. The molecule has 0 atom stereocenters. The molecule has 0 aliphatic heterocycles. The van der Waals surface area contributed by atoms with Crippen molar-refractivity contribution < 1.29 is 0 Å². The third-order valence-corrected chi connectivity index (χ3v) is 1.98. The van der Waals surface area contributed by atoms with Gasteiger partial charge in [0.2, 0.25) is 0 Å². The van der Waals surface area contributed by atoms with Crippen molar-refractivity contribution in [2.45, 2.75) is 13.8 Å². The number of nitrogens with one attached hydrogen (secondary N) is 1. The fourth-order valence-corrected chi connectivity index (χ4v) is 1.24. The minimum atomic E-state index is 0.887. The molecule has 2 heterocycles. The molecular formula is C13H17N3. The second-order valence-electron chi connectivity index (χ2n) is 2.89. The molecule has 3 heteroatoms. The average Bonchev–Trinajstić information content (AvgIpc) is 2.42. The summed E-state index contributed by atoms with van der Waals surface area (Å²) in [4.78, 5) is 8.49. The Hall–Kier alpha value is -1.90. The number of nitrogens with zero attached hydrogens (tertiary/aromatic N) is 2. The lowest BCUT2D eigenvalue weighted by Gasteiger charge is -2.02. The van der Waals surface area contributed by atoms with E-state index in [2.05, 4.69) is 15.3 Å². The maximum atomic E-state index is 4.26. The molecule has 0 aromatic carbocycles. The zero-order chi connectivity index (χ0) is 11.8. The molecule has 0 amide bonds. The number of hydrogen-bond acceptors (Lipinski definition) is 3. The van der Waals surface area contributed by atoms with Crippen molar-refractivity contribution in [3.05, 3.63) is 42.7 Å². The average molecular weight is 215 g/mol. The van der Waals surface area contributed by atoms with Gasteiger partial charge < -0.3 is 5.32 Å². The topological polar surface area (TPSA) is 37.8 Å². The number of rotatable bonds is 2. The minimum absolute atomic E-state index is 0.887. The van der Waals surface area contributed by atoms with E-state index in [-0.39, 0.29) is 0 Å². The van der Waals surface area contributed by atoms with Crippen LogP contribution in [0.1, 0.15) is 13.8 Å². The first-order valence-corrected chi connectivity index (χ1v) is 5.45. The van der Waals surface area contributed by atoms with Gasteiger partial charge in [0.25, 0.3) is 0 Å². The maximum Gasteiger partial charge on any atom is 0.0906 e. The van der Waals surface area contributed by atoms with Crippen molar-refractivity contribution in [3.8, 4) is 11.4 Å². The van der Waals surface area contributed by atoms with E-state index in [9.17, 15) is 0 Å². The lowest BCUT2D eigenvalue weighted by Crippen LogP contribution is -1.91. The number of pyridine rings is 2. The van der Waals surface area contributed by atoms with E-state index < -0.39 is 0 Å². The predicted molar refractivity (Wildman–Crippen MR) is 68.4 cm³/mol. The van der Waals surface area contributed by atoms with Crippen LogP contribution in [0.25, 0.3) is 11.4 Å². The maximum absolute atomic E-state index is 4.26. The van der Waals surface area contributed by atoms with Gasteiger partial charge in [-0.15, -0.1) is 0 Å². The van der Waals surface area contributed by atoms with Gasteiger partial charge in [-0.05, 0) is 24.3 Å². The molecular weight excluding hydrogens is 198 g/mol. The molecule has 0 spiro atoms. The summed E-state index contributed by atoms with van der Waals surface area (Å²) >= 11 is 0. The highest BCUT2D eigenvalue weighted by atomic mass is 14.8. The Kier molecular flexibility index (Phi) is 4.99. The highest BCUT2D eigenvalue weighted by Crippen LogP contribution is 2.16. The predicted octanol–water partition coefficient (Wildman–Crippen LogP) is 3.21. The van der Waals surface area contributed by atoms with Crippen molar-refractivity contribution in [1.29, 1.82) is 0 Å². The zero-order valence-electron chi connectivity index (χ0n) is 9.94. The summed E-state index contributed by atoms with van der Waals surface area (Å²) in [5, 5.41) is 3.07. The van der Waals surface area contributed by atoms with Gasteiger partial charge in [-0.2, -0.15) is 0 Å².